The predicted octanol–water partition coefficient (Wildman–Crippen LogP) is 1.71. The van der Waals surface area contributed by atoms with Crippen molar-refractivity contribution in [1.29, 1.82) is 0 Å². The van der Waals surface area contributed by atoms with Crippen LogP contribution in [0.25, 0.3) is 0 Å². The third-order valence-electron chi connectivity index (χ3n) is 3.58. The predicted molar refractivity (Wildman–Crippen MR) is 82.7 cm³/mol. The van der Waals surface area contributed by atoms with E-state index < -0.39 is 0 Å². The van der Waals surface area contributed by atoms with Gasteiger partial charge in [0.2, 0.25) is 0 Å². The zero-order chi connectivity index (χ0) is 13.7. The van der Waals surface area contributed by atoms with Gasteiger partial charge >= 0.3 is 0 Å². The number of hydrogen-bond donors (Lipinski definition) is 2. The summed E-state index contributed by atoms with van der Waals surface area (Å²) in [5, 5.41) is 6.41. The van der Waals surface area contributed by atoms with E-state index in [-0.39, 0.29) is 0 Å². The van der Waals surface area contributed by atoms with Crippen molar-refractivity contribution >= 4 is 11.4 Å². The van der Waals surface area contributed by atoms with E-state index in [4.69, 9.17) is 0 Å². The number of hydrogen-bond acceptors (Lipinski definition) is 4. The van der Waals surface area contributed by atoms with Crippen molar-refractivity contribution < 1.29 is 0 Å². The van der Waals surface area contributed by atoms with E-state index in [9.17, 15) is 0 Å². The van der Waals surface area contributed by atoms with Crippen molar-refractivity contribution in [1.82, 2.24) is 10.2 Å². The molecular formula is C15H24N4. The van der Waals surface area contributed by atoms with E-state index >= 15 is 0 Å². The van der Waals surface area contributed by atoms with Crippen LogP contribution in [-0.2, 0) is 6.54 Å². The fraction of sp³-hybridized carbons (Fsp3) is 0.467. The van der Waals surface area contributed by atoms with Gasteiger partial charge in [-0.1, -0.05) is 6.58 Å². The standard InChI is InChI=1S/C15H24N4/c1-4-17-15-6-5-14(11-13(15)12-16-2)19-9-7-18(3)8-10-19/h4-6,11,16-17H,1,7-10,12H2,2-3H3. The normalized spacial score (nSPS) is 16.4. The third-order valence-corrected chi connectivity index (χ3v) is 3.58. The lowest BCUT2D eigenvalue weighted by Crippen LogP contribution is -2.44. The Hall–Kier alpha value is -1.52. The summed E-state index contributed by atoms with van der Waals surface area (Å²) in [6, 6.07) is 6.60. The first kappa shape index (κ1) is 13.9. The minimum absolute atomic E-state index is 0.859. The molecule has 1 heterocycles. The molecule has 2 N–H and O–H groups in total. The molecule has 0 saturated carbocycles. The van der Waals surface area contributed by atoms with Crippen molar-refractivity contribution in [2.75, 3.05) is 50.5 Å². The van der Waals surface area contributed by atoms with E-state index in [1.807, 2.05) is 7.05 Å². The van der Waals surface area contributed by atoms with E-state index in [0.29, 0.717) is 0 Å². The van der Waals surface area contributed by atoms with E-state index in [0.717, 1.165) is 38.4 Å². The summed E-state index contributed by atoms with van der Waals surface area (Å²) in [4.78, 5) is 4.83. The van der Waals surface area contributed by atoms with Crippen molar-refractivity contribution in [3.05, 3.63) is 36.5 Å². The molecule has 0 atom stereocenters. The van der Waals surface area contributed by atoms with Crippen LogP contribution in [0.5, 0.6) is 0 Å². The Bertz CT molecular complexity index is 422. The Morgan fingerprint density at radius 2 is 2.00 bits per heavy atom. The number of anilines is 2. The molecule has 1 aromatic carbocycles. The molecule has 2 rings (SSSR count). The highest BCUT2D eigenvalue weighted by molar-refractivity contribution is 5.61. The highest BCUT2D eigenvalue weighted by Gasteiger charge is 2.15. The lowest BCUT2D eigenvalue weighted by Gasteiger charge is -2.34. The second-order valence-corrected chi connectivity index (χ2v) is 5.01. The first-order valence-electron chi connectivity index (χ1n) is 6.83. The van der Waals surface area contributed by atoms with Gasteiger partial charge in [0.25, 0.3) is 0 Å². The fourth-order valence-corrected chi connectivity index (χ4v) is 2.43. The Morgan fingerprint density at radius 1 is 1.26 bits per heavy atom. The van der Waals surface area contributed by atoms with E-state index in [1.165, 1.54) is 11.3 Å². The van der Waals surface area contributed by atoms with Crippen LogP contribution in [-0.4, -0.2) is 45.2 Å². The summed E-state index contributed by atoms with van der Waals surface area (Å²) in [6.07, 6.45) is 1.73. The van der Waals surface area contributed by atoms with Crippen molar-refractivity contribution in [3.63, 3.8) is 0 Å². The Kier molecular flexibility index (Phi) is 4.82. The number of benzene rings is 1. The molecule has 1 aliphatic rings. The van der Waals surface area contributed by atoms with Crippen LogP contribution in [0.15, 0.2) is 31.0 Å². The number of piperazine rings is 1. The minimum Gasteiger partial charge on any atom is -0.369 e. The highest BCUT2D eigenvalue weighted by atomic mass is 15.2. The second-order valence-electron chi connectivity index (χ2n) is 5.01. The highest BCUT2D eigenvalue weighted by Crippen LogP contribution is 2.24. The largest absolute Gasteiger partial charge is 0.369 e. The summed E-state index contributed by atoms with van der Waals surface area (Å²) in [6.45, 7) is 9.06. The second kappa shape index (κ2) is 6.59. The Balaban J connectivity index is 2.17. The maximum atomic E-state index is 3.73. The molecule has 19 heavy (non-hydrogen) atoms. The van der Waals surface area contributed by atoms with Gasteiger partial charge in [0.15, 0.2) is 0 Å². The van der Waals surface area contributed by atoms with Crippen LogP contribution >= 0.6 is 0 Å². The minimum atomic E-state index is 0.859. The molecule has 0 bridgehead atoms. The van der Waals surface area contributed by atoms with Crippen LogP contribution in [0.4, 0.5) is 11.4 Å². The van der Waals surface area contributed by atoms with Crippen molar-refractivity contribution in [2.24, 2.45) is 0 Å². The third kappa shape index (κ3) is 3.49. The van der Waals surface area contributed by atoms with Gasteiger partial charge in [-0.2, -0.15) is 0 Å². The van der Waals surface area contributed by atoms with Crippen molar-refractivity contribution in [3.8, 4) is 0 Å². The Labute approximate surface area is 116 Å². The summed E-state index contributed by atoms with van der Waals surface area (Å²) in [5.74, 6) is 0. The quantitative estimate of drug-likeness (QED) is 0.844. The first-order chi connectivity index (χ1) is 9.24. The smallest absolute Gasteiger partial charge is 0.0426 e. The molecule has 0 unspecified atom stereocenters. The maximum Gasteiger partial charge on any atom is 0.0426 e. The van der Waals surface area contributed by atoms with Gasteiger partial charge < -0.3 is 20.4 Å². The molecule has 0 aliphatic carbocycles. The average Bonchev–Trinajstić information content (AvgIpc) is 2.42. The molecule has 1 aliphatic heterocycles. The van der Waals surface area contributed by atoms with E-state index in [2.05, 4.69) is 52.3 Å². The maximum absolute atomic E-state index is 3.73. The number of rotatable bonds is 5. The van der Waals surface area contributed by atoms with Gasteiger partial charge in [-0.05, 0) is 44.1 Å². The van der Waals surface area contributed by atoms with Crippen LogP contribution in [0.1, 0.15) is 5.56 Å². The van der Waals surface area contributed by atoms with Gasteiger partial charge in [-0.3, -0.25) is 0 Å². The molecule has 4 heteroatoms. The van der Waals surface area contributed by atoms with Gasteiger partial charge in [-0.15, -0.1) is 0 Å². The number of nitrogens with one attached hydrogen (secondary N) is 2. The molecule has 4 nitrogen and oxygen atoms in total. The molecule has 1 fully saturated rings. The molecule has 0 spiro atoms. The first-order valence-corrected chi connectivity index (χ1v) is 6.83. The SMILES string of the molecule is C=CNc1ccc(N2CCN(C)CC2)cc1CNC. The van der Waals surface area contributed by atoms with Gasteiger partial charge in [0.05, 0.1) is 0 Å². The molecule has 104 valence electrons. The summed E-state index contributed by atoms with van der Waals surface area (Å²) in [7, 11) is 4.15. The van der Waals surface area contributed by atoms with Gasteiger partial charge in [0, 0.05) is 44.1 Å². The Morgan fingerprint density at radius 3 is 2.63 bits per heavy atom. The molecule has 0 amide bonds. The molecule has 0 aromatic heterocycles. The molecule has 1 aromatic rings. The van der Waals surface area contributed by atoms with E-state index in [1.54, 1.807) is 6.20 Å². The van der Waals surface area contributed by atoms with Gasteiger partial charge in [-0.25, -0.2) is 0 Å². The summed E-state index contributed by atoms with van der Waals surface area (Å²) >= 11 is 0. The monoisotopic (exact) mass is 260 g/mol. The lowest BCUT2D eigenvalue weighted by molar-refractivity contribution is 0.313. The lowest BCUT2D eigenvalue weighted by atomic mass is 10.1. The average molecular weight is 260 g/mol. The molecule has 1 saturated heterocycles. The zero-order valence-corrected chi connectivity index (χ0v) is 11.9. The number of likely N-dealkylation sites (N-methyl/N-ethyl adjacent to an activating group) is 1. The molecular weight excluding hydrogens is 236 g/mol. The van der Waals surface area contributed by atoms with Crippen LogP contribution in [0.2, 0.25) is 0 Å². The van der Waals surface area contributed by atoms with Crippen LogP contribution < -0.4 is 15.5 Å². The number of nitrogens with zero attached hydrogens (tertiary/aromatic N) is 2. The summed E-state index contributed by atoms with van der Waals surface area (Å²) in [5.41, 5.74) is 3.72. The topological polar surface area (TPSA) is 30.5 Å². The van der Waals surface area contributed by atoms with Crippen LogP contribution in [0, 0.1) is 0 Å². The molecule has 0 radical (unpaired) electrons. The summed E-state index contributed by atoms with van der Waals surface area (Å²) < 4.78 is 0. The van der Waals surface area contributed by atoms with Crippen molar-refractivity contribution in [2.45, 2.75) is 6.54 Å². The fourth-order valence-electron chi connectivity index (χ4n) is 2.43. The zero-order valence-electron chi connectivity index (χ0n) is 11.9. The van der Waals surface area contributed by atoms with Crippen LogP contribution in [0.3, 0.4) is 0 Å². The van der Waals surface area contributed by atoms with Gasteiger partial charge in [0.1, 0.15) is 0 Å².